The summed E-state index contributed by atoms with van der Waals surface area (Å²) < 4.78 is 11.3. The average Bonchev–Trinajstić information content (AvgIpc) is 2.87. The number of piperidine rings is 2. The summed E-state index contributed by atoms with van der Waals surface area (Å²) in [5, 5.41) is 7.03. The maximum Gasteiger partial charge on any atom is 0.232 e. The van der Waals surface area contributed by atoms with Gasteiger partial charge in [0.2, 0.25) is 5.95 Å². The number of ether oxygens (including phenoxy) is 2. The Balaban J connectivity index is 1.30. The molecule has 0 spiro atoms. The lowest BCUT2D eigenvalue weighted by Gasteiger charge is -2.36. The summed E-state index contributed by atoms with van der Waals surface area (Å²) in [6.45, 7) is 9.42. The second-order valence-electron chi connectivity index (χ2n) is 9.93. The predicted octanol–water partition coefficient (Wildman–Crippen LogP) is 4.35. The molecule has 0 bridgehead atoms. The summed E-state index contributed by atoms with van der Waals surface area (Å²) in [5.74, 6) is 4.75. The predicted molar refractivity (Wildman–Crippen MR) is 144 cm³/mol. The molecule has 5 rings (SSSR count). The summed E-state index contributed by atoms with van der Waals surface area (Å²) in [6.07, 6.45) is 6.13. The van der Waals surface area contributed by atoms with E-state index in [1.54, 1.807) is 0 Å². The fraction of sp³-hybridized carbons (Fsp3) is 0.577. The van der Waals surface area contributed by atoms with Crippen LogP contribution in [0.3, 0.4) is 0 Å². The van der Waals surface area contributed by atoms with Gasteiger partial charge in [0, 0.05) is 38.3 Å². The standard InChI is InChI=1S/C26H36N6O2S/c1-18-6-5-10-31(17-18)23-15-24(32-11-4-3-7-19(32)2)29-25(28-23)30-26(35)27-16-20-8-9-21-22(14-20)34-13-12-33-21/h8-9,14-15,18-19H,3-7,10-13,16-17H2,1-2H3,(H2,27,28,29,30,35)/t18-,19+/m1/s1. The monoisotopic (exact) mass is 496 g/mol. The summed E-state index contributed by atoms with van der Waals surface area (Å²) in [4.78, 5) is 14.6. The number of anilines is 3. The number of thiocarbonyl (C=S) groups is 1. The highest BCUT2D eigenvalue weighted by molar-refractivity contribution is 7.80. The zero-order valence-electron chi connectivity index (χ0n) is 20.8. The normalized spacial score (nSPS) is 22.0. The van der Waals surface area contributed by atoms with E-state index in [1.165, 1.54) is 32.1 Å². The molecule has 0 saturated carbocycles. The van der Waals surface area contributed by atoms with Crippen LogP contribution in [0.2, 0.25) is 0 Å². The molecule has 2 saturated heterocycles. The van der Waals surface area contributed by atoms with Crippen LogP contribution in [0.5, 0.6) is 11.5 Å². The average molecular weight is 497 g/mol. The summed E-state index contributed by atoms with van der Waals surface area (Å²) in [6, 6.07) is 8.60. The fourth-order valence-corrected chi connectivity index (χ4v) is 5.31. The number of fused-ring (bicyclic) bond motifs is 1. The van der Waals surface area contributed by atoms with Crippen molar-refractivity contribution in [3.05, 3.63) is 29.8 Å². The van der Waals surface area contributed by atoms with Gasteiger partial charge in [0.05, 0.1) is 0 Å². The third-order valence-corrected chi connectivity index (χ3v) is 7.31. The Bertz CT molecular complexity index is 1050. The van der Waals surface area contributed by atoms with Gasteiger partial charge in [-0.15, -0.1) is 0 Å². The number of hydrogen-bond acceptors (Lipinski definition) is 7. The first kappa shape index (κ1) is 23.9. The zero-order valence-corrected chi connectivity index (χ0v) is 21.6. The lowest BCUT2D eigenvalue weighted by Crippen LogP contribution is -2.39. The topological polar surface area (TPSA) is 74.8 Å². The molecule has 0 amide bonds. The Kier molecular flexibility index (Phi) is 7.41. The molecule has 9 heteroatoms. The van der Waals surface area contributed by atoms with Crippen molar-refractivity contribution in [3.63, 3.8) is 0 Å². The van der Waals surface area contributed by atoms with Crippen LogP contribution in [0, 0.1) is 5.92 Å². The molecule has 1 aromatic heterocycles. The van der Waals surface area contributed by atoms with Crippen molar-refractivity contribution in [2.75, 3.05) is 48.0 Å². The molecule has 0 unspecified atom stereocenters. The van der Waals surface area contributed by atoms with Crippen LogP contribution in [0.1, 0.15) is 51.5 Å². The van der Waals surface area contributed by atoms with Crippen molar-refractivity contribution in [2.24, 2.45) is 5.92 Å². The molecule has 0 radical (unpaired) electrons. The van der Waals surface area contributed by atoms with Gasteiger partial charge < -0.3 is 29.9 Å². The number of hydrogen-bond donors (Lipinski definition) is 2. The smallest absolute Gasteiger partial charge is 0.232 e. The van der Waals surface area contributed by atoms with Crippen molar-refractivity contribution in [3.8, 4) is 11.5 Å². The first-order chi connectivity index (χ1) is 17.0. The summed E-state index contributed by atoms with van der Waals surface area (Å²) in [7, 11) is 0. The highest BCUT2D eigenvalue weighted by Gasteiger charge is 2.24. The molecule has 2 atom stereocenters. The second kappa shape index (κ2) is 10.8. The van der Waals surface area contributed by atoms with Gasteiger partial charge in [-0.05, 0) is 74.9 Å². The van der Waals surface area contributed by atoms with Crippen LogP contribution in [0.25, 0.3) is 0 Å². The van der Waals surface area contributed by atoms with Gasteiger partial charge in [0.15, 0.2) is 16.6 Å². The van der Waals surface area contributed by atoms with Crippen LogP contribution in [0.4, 0.5) is 17.6 Å². The number of benzene rings is 1. The molecule has 0 aliphatic carbocycles. The van der Waals surface area contributed by atoms with Crippen LogP contribution in [-0.4, -0.2) is 54.0 Å². The van der Waals surface area contributed by atoms with E-state index >= 15 is 0 Å². The van der Waals surface area contributed by atoms with Gasteiger partial charge in [-0.2, -0.15) is 9.97 Å². The Morgan fingerprint density at radius 3 is 2.66 bits per heavy atom. The third kappa shape index (κ3) is 5.89. The Hall–Kier alpha value is -2.81. The summed E-state index contributed by atoms with van der Waals surface area (Å²) >= 11 is 5.61. The van der Waals surface area contributed by atoms with E-state index in [1.807, 2.05) is 18.2 Å². The van der Waals surface area contributed by atoms with Crippen LogP contribution in [-0.2, 0) is 6.54 Å². The van der Waals surface area contributed by atoms with Crippen molar-refractivity contribution >= 4 is 34.9 Å². The van der Waals surface area contributed by atoms with Crippen LogP contribution < -0.4 is 29.9 Å². The maximum absolute atomic E-state index is 5.69. The molecule has 35 heavy (non-hydrogen) atoms. The Morgan fingerprint density at radius 1 is 1.00 bits per heavy atom. The van der Waals surface area contributed by atoms with Crippen molar-refractivity contribution in [1.82, 2.24) is 15.3 Å². The molecular weight excluding hydrogens is 460 g/mol. The Labute approximate surface area is 213 Å². The molecule has 8 nitrogen and oxygen atoms in total. The first-order valence-corrected chi connectivity index (χ1v) is 13.3. The van der Waals surface area contributed by atoms with E-state index in [2.05, 4.69) is 40.3 Å². The zero-order chi connectivity index (χ0) is 24.2. The van der Waals surface area contributed by atoms with E-state index in [9.17, 15) is 0 Å². The molecule has 1 aromatic carbocycles. The van der Waals surface area contributed by atoms with E-state index in [0.29, 0.717) is 42.8 Å². The molecule has 2 N–H and O–H groups in total. The molecular formula is C26H36N6O2S. The largest absolute Gasteiger partial charge is 0.486 e. The van der Waals surface area contributed by atoms with Crippen LogP contribution >= 0.6 is 12.2 Å². The second-order valence-corrected chi connectivity index (χ2v) is 10.3. The minimum Gasteiger partial charge on any atom is -0.486 e. The number of rotatable bonds is 5. The molecule has 4 heterocycles. The quantitative estimate of drug-likeness (QED) is 0.588. The van der Waals surface area contributed by atoms with Crippen molar-refractivity contribution in [2.45, 2.75) is 58.5 Å². The highest BCUT2D eigenvalue weighted by Crippen LogP contribution is 2.31. The fourth-order valence-electron chi connectivity index (χ4n) is 5.15. The number of nitrogens with zero attached hydrogens (tertiary/aromatic N) is 4. The highest BCUT2D eigenvalue weighted by atomic mass is 32.1. The van der Waals surface area contributed by atoms with Crippen LogP contribution in [0.15, 0.2) is 24.3 Å². The number of aromatic nitrogens is 2. The number of nitrogens with one attached hydrogen (secondary N) is 2. The van der Waals surface area contributed by atoms with Gasteiger partial charge >= 0.3 is 0 Å². The summed E-state index contributed by atoms with van der Waals surface area (Å²) in [5.41, 5.74) is 1.07. The maximum atomic E-state index is 5.69. The molecule has 2 aromatic rings. The van der Waals surface area contributed by atoms with Crippen molar-refractivity contribution < 1.29 is 9.47 Å². The van der Waals surface area contributed by atoms with Gasteiger partial charge in [0.1, 0.15) is 24.8 Å². The van der Waals surface area contributed by atoms with Gasteiger partial charge in [-0.25, -0.2) is 0 Å². The molecule has 188 valence electrons. The van der Waals surface area contributed by atoms with E-state index in [-0.39, 0.29) is 0 Å². The van der Waals surface area contributed by atoms with Crippen molar-refractivity contribution in [1.29, 1.82) is 0 Å². The first-order valence-electron chi connectivity index (χ1n) is 12.9. The lowest BCUT2D eigenvalue weighted by molar-refractivity contribution is 0.171. The van der Waals surface area contributed by atoms with Gasteiger partial charge in [-0.1, -0.05) is 13.0 Å². The van der Waals surface area contributed by atoms with Gasteiger partial charge in [0.25, 0.3) is 0 Å². The minimum absolute atomic E-state index is 0.472. The van der Waals surface area contributed by atoms with E-state index in [0.717, 1.165) is 48.3 Å². The lowest BCUT2D eigenvalue weighted by atomic mass is 10.0. The molecule has 2 fully saturated rings. The SMILES string of the molecule is C[C@@H]1CCCN(c2cc(N3CCCC[C@@H]3C)nc(NC(=S)NCc3ccc4c(c3)OCCO4)n2)C1. The Morgan fingerprint density at radius 2 is 1.83 bits per heavy atom. The van der Waals surface area contributed by atoms with E-state index in [4.69, 9.17) is 31.7 Å². The van der Waals surface area contributed by atoms with E-state index < -0.39 is 0 Å². The molecule has 3 aliphatic heterocycles. The third-order valence-electron chi connectivity index (χ3n) is 7.06. The van der Waals surface area contributed by atoms with Gasteiger partial charge in [-0.3, -0.25) is 0 Å². The molecule has 3 aliphatic rings. The minimum atomic E-state index is 0.472.